The van der Waals surface area contributed by atoms with E-state index in [1.54, 1.807) is 4.98 Å². The molecule has 3 atom stereocenters. The van der Waals surface area contributed by atoms with E-state index < -0.39 is 49.9 Å². The number of hydrogen-bond acceptors (Lipinski definition) is 6. The minimum absolute atomic E-state index is 0.0323. The molecular formula is C11H16FN2O8P. The lowest BCUT2D eigenvalue weighted by atomic mass is 10.2. The normalized spacial score (nSPS) is 25.0. The van der Waals surface area contributed by atoms with Crippen molar-refractivity contribution in [3.8, 4) is 0 Å². The van der Waals surface area contributed by atoms with Crippen LogP contribution in [0.4, 0.5) is 4.39 Å². The summed E-state index contributed by atoms with van der Waals surface area (Å²) in [6.07, 6.45) is -3.49. The number of hydrogen-bond donors (Lipinski definition) is 4. The maximum absolute atomic E-state index is 13.8. The van der Waals surface area contributed by atoms with Crippen molar-refractivity contribution in [1.82, 2.24) is 9.55 Å². The molecule has 1 aliphatic rings. The van der Waals surface area contributed by atoms with E-state index >= 15 is 0 Å². The zero-order chi connectivity index (χ0) is 17.4. The molecule has 130 valence electrons. The van der Waals surface area contributed by atoms with Crippen molar-refractivity contribution in [2.75, 3.05) is 6.61 Å². The van der Waals surface area contributed by atoms with Gasteiger partial charge in [-0.05, 0) is 6.42 Å². The molecule has 0 aliphatic carbocycles. The first-order chi connectivity index (χ1) is 10.6. The van der Waals surface area contributed by atoms with Gasteiger partial charge in [0.2, 0.25) is 5.82 Å². The first-order valence-corrected chi connectivity index (χ1v) is 8.24. The number of aromatic nitrogens is 2. The van der Waals surface area contributed by atoms with Gasteiger partial charge in [-0.25, -0.2) is 9.36 Å². The van der Waals surface area contributed by atoms with Crippen molar-refractivity contribution in [3.05, 3.63) is 32.3 Å². The minimum Gasteiger partial charge on any atom is -0.390 e. The fourth-order valence-corrected chi connectivity index (χ4v) is 2.74. The summed E-state index contributed by atoms with van der Waals surface area (Å²) in [5.74, 6) is -1.12. The number of nitrogens with one attached hydrogen (secondary N) is 1. The van der Waals surface area contributed by atoms with E-state index in [0.717, 1.165) is 4.57 Å². The Labute approximate surface area is 128 Å². The Balaban J connectivity index is 2.28. The Kier molecular flexibility index (Phi) is 5.19. The summed E-state index contributed by atoms with van der Waals surface area (Å²) in [5, 5.41) is 9.86. The van der Waals surface area contributed by atoms with Crippen LogP contribution in [0.15, 0.2) is 9.59 Å². The molecule has 0 amide bonds. The summed E-state index contributed by atoms with van der Waals surface area (Å²) in [4.78, 5) is 42.3. The van der Waals surface area contributed by atoms with E-state index in [0.29, 0.717) is 0 Å². The second kappa shape index (κ2) is 6.63. The van der Waals surface area contributed by atoms with Gasteiger partial charge in [0, 0.05) is 6.42 Å². The smallest absolute Gasteiger partial charge is 0.390 e. The van der Waals surface area contributed by atoms with Crippen LogP contribution in [-0.2, 0) is 20.2 Å². The van der Waals surface area contributed by atoms with Gasteiger partial charge in [-0.15, -0.1) is 0 Å². The number of halogens is 1. The number of ether oxygens (including phenoxy) is 1. The van der Waals surface area contributed by atoms with Gasteiger partial charge in [0.25, 0.3) is 5.56 Å². The van der Waals surface area contributed by atoms with Gasteiger partial charge in [-0.1, -0.05) is 6.92 Å². The van der Waals surface area contributed by atoms with Crippen LogP contribution in [-0.4, -0.2) is 43.3 Å². The summed E-state index contributed by atoms with van der Waals surface area (Å²) in [5.41, 5.74) is -2.24. The molecule has 1 aliphatic heterocycles. The van der Waals surface area contributed by atoms with Crippen molar-refractivity contribution in [3.63, 3.8) is 0 Å². The number of aromatic amines is 1. The molecule has 23 heavy (non-hydrogen) atoms. The van der Waals surface area contributed by atoms with E-state index in [1.165, 1.54) is 6.92 Å². The quantitative estimate of drug-likeness (QED) is 0.491. The molecule has 0 unspecified atom stereocenters. The Hall–Kier alpha value is -1.36. The second-order valence-electron chi connectivity index (χ2n) is 4.96. The number of H-pyrrole nitrogens is 1. The molecule has 1 saturated heterocycles. The average Bonchev–Trinajstić information content (AvgIpc) is 2.80. The van der Waals surface area contributed by atoms with Crippen molar-refractivity contribution in [2.24, 2.45) is 0 Å². The highest BCUT2D eigenvalue weighted by Gasteiger charge is 2.38. The Morgan fingerprint density at radius 2 is 2.13 bits per heavy atom. The molecule has 4 N–H and O–H groups in total. The molecule has 0 radical (unpaired) electrons. The summed E-state index contributed by atoms with van der Waals surface area (Å²) in [7, 11) is -4.74. The van der Waals surface area contributed by atoms with Crippen LogP contribution in [0.25, 0.3) is 0 Å². The van der Waals surface area contributed by atoms with Crippen LogP contribution in [0.5, 0.6) is 0 Å². The topological polar surface area (TPSA) is 151 Å². The number of nitrogens with zero attached hydrogens (tertiary/aromatic N) is 1. The van der Waals surface area contributed by atoms with Crippen LogP contribution in [0.1, 0.15) is 25.3 Å². The molecule has 1 aromatic heterocycles. The molecule has 2 rings (SSSR count). The molecule has 2 heterocycles. The SMILES string of the molecule is CCc1c(F)c(=O)[nH]c(=O)n1[C@H]1C[C@H](O)[C@@H](COP(=O)(O)O)O1. The maximum Gasteiger partial charge on any atom is 0.469 e. The molecule has 10 nitrogen and oxygen atoms in total. The lowest BCUT2D eigenvalue weighted by Gasteiger charge is -2.19. The number of rotatable bonds is 5. The van der Waals surface area contributed by atoms with Gasteiger partial charge in [0.1, 0.15) is 12.3 Å². The van der Waals surface area contributed by atoms with Crippen molar-refractivity contribution >= 4 is 7.82 Å². The number of aliphatic hydroxyl groups excluding tert-OH is 1. The molecule has 0 bridgehead atoms. The lowest BCUT2D eigenvalue weighted by molar-refractivity contribution is -0.0462. The number of phosphoric ester groups is 1. The molecule has 12 heteroatoms. The van der Waals surface area contributed by atoms with Crippen molar-refractivity contribution in [2.45, 2.75) is 38.2 Å². The largest absolute Gasteiger partial charge is 0.469 e. The standard InChI is InChI=1S/C11H16FN2O8P/c1-2-5-9(12)10(16)13-11(17)14(5)8-3-6(15)7(22-8)4-21-23(18,19)20/h6-8,15H,2-4H2,1H3,(H,13,16,17)(H2,18,19,20)/t6-,7+,8+/m0/s1. The van der Waals surface area contributed by atoms with E-state index in [9.17, 15) is 23.7 Å². The zero-order valence-corrected chi connectivity index (χ0v) is 12.9. The number of aliphatic hydroxyl groups is 1. The van der Waals surface area contributed by atoms with Crippen LogP contribution in [0.2, 0.25) is 0 Å². The summed E-state index contributed by atoms with van der Waals surface area (Å²) < 4.78 is 35.0. The van der Waals surface area contributed by atoms with Gasteiger partial charge >= 0.3 is 13.5 Å². The van der Waals surface area contributed by atoms with Gasteiger partial charge < -0.3 is 19.6 Å². The highest BCUT2D eigenvalue weighted by molar-refractivity contribution is 7.46. The first kappa shape index (κ1) is 18.0. The Morgan fingerprint density at radius 1 is 1.48 bits per heavy atom. The van der Waals surface area contributed by atoms with Gasteiger partial charge in [0.15, 0.2) is 0 Å². The third-order valence-corrected chi connectivity index (χ3v) is 3.90. The van der Waals surface area contributed by atoms with E-state index in [1.807, 2.05) is 0 Å². The Bertz CT molecular complexity index is 741. The molecule has 1 aromatic rings. The predicted molar refractivity (Wildman–Crippen MR) is 73.2 cm³/mol. The minimum atomic E-state index is -4.74. The van der Waals surface area contributed by atoms with Crippen LogP contribution < -0.4 is 11.2 Å². The van der Waals surface area contributed by atoms with Gasteiger partial charge in [0.05, 0.1) is 18.4 Å². The maximum atomic E-state index is 13.8. The van der Waals surface area contributed by atoms with Crippen molar-refractivity contribution in [1.29, 1.82) is 0 Å². The highest BCUT2D eigenvalue weighted by Crippen LogP contribution is 2.38. The summed E-state index contributed by atoms with van der Waals surface area (Å²) in [6, 6.07) is 0. The molecule has 0 aromatic carbocycles. The third kappa shape index (κ3) is 3.94. The Morgan fingerprint density at radius 3 is 2.70 bits per heavy atom. The first-order valence-electron chi connectivity index (χ1n) is 6.70. The van der Waals surface area contributed by atoms with E-state index in [4.69, 9.17) is 14.5 Å². The average molecular weight is 354 g/mol. The molecule has 0 saturated carbocycles. The molecule has 0 spiro atoms. The molecular weight excluding hydrogens is 338 g/mol. The third-order valence-electron chi connectivity index (χ3n) is 3.42. The van der Waals surface area contributed by atoms with Crippen LogP contribution >= 0.6 is 7.82 Å². The van der Waals surface area contributed by atoms with Gasteiger partial charge in [-0.2, -0.15) is 4.39 Å². The second-order valence-corrected chi connectivity index (χ2v) is 6.20. The van der Waals surface area contributed by atoms with Gasteiger partial charge in [-0.3, -0.25) is 18.9 Å². The molecule has 1 fully saturated rings. The monoisotopic (exact) mass is 354 g/mol. The van der Waals surface area contributed by atoms with E-state index in [-0.39, 0.29) is 18.5 Å². The lowest BCUT2D eigenvalue weighted by Crippen LogP contribution is -2.37. The van der Waals surface area contributed by atoms with Crippen LogP contribution in [0.3, 0.4) is 0 Å². The predicted octanol–water partition coefficient (Wildman–Crippen LogP) is -1.00. The van der Waals surface area contributed by atoms with Crippen molar-refractivity contribution < 1.29 is 33.1 Å². The fourth-order valence-electron chi connectivity index (χ4n) is 2.40. The van der Waals surface area contributed by atoms with E-state index in [2.05, 4.69) is 4.52 Å². The fraction of sp³-hybridized carbons (Fsp3) is 0.636. The highest BCUT2D eigenvalue weighted by atomic mass is 31.2. The zero-order valence-electron chi connectivity index (χ0n) is 12.0. The summed E-state index contributed by atoms with van der Waals surface area (Å²) >= 11 is 0. The number of phosphoric acid groups is 1. The van der Waals surface area contributed by atoms with Crippen LogP contribution in [0, 0.1) is 5.82 Å². The summed E-state index contributed by atoms with van der Waals surface area (Å²) in [6.45, 7) is 0.928.